The SMILES string of the molecule is CC(CN1CCCC1)n1c(N)cc2ccccc2c1=O. The summed E-state index contributed by atoms with van der Waals surface area (Å²) in [5, 5.41) is 1.66. The third-order valence-electron chi connectivity index (χ3n) is 4.15. The maximum absolute atomic E-state index is 12.6. The molecule has 1 saturated heterocycles. The van der Waals surface area contributed by atoms with E-state index in [1.165, 1.54) is 12.8 Å². The van der Waals surface area contributed by atoms with E-state index in [0.717, 1.165) is 30.4 Å². The first kappa shape index (κ1) is 13.2. The summed E-state index contributed by atoms with van der Waals surface area (Å²) >= 11 is 0. The number of fused-ring (bicyclic) bond motifs is 1. The largest absolute Gasteiger partial charge is 0.385 e. The van der Waals surface area contributed by atoms with Gasteiger partial charge in [-0.05, 0) is 50.4 Å². The Bertz CT molecular complexity index is 671. The van der Waals surface area contributed by atoms with E-state index in [9.17, 15) is 4.79 Å². The average molecular weight is 271 g/mol. The fraction of sp³-hybridized carbons (Fsp3) is 0.438. The second-order valence-electron chi connectivity index (χ2n) is 5.69. The first-order valence-corrected chi connectivity index (χ1v) is 7.29. The fourth-order valence-corrected chi connectivity index (χ4v) is 3.17. The molecule has 4 nitrogen and oxygen atoms in total. The minimum atomic E-state index is 0.0206. The zero-order chi connectivity index (χ0) is 14.1. The molecule has 1 aromatic carbocycles. The molecule has 2 N–H and O–H groups in total. The van der Waals surface area contributed by atoms with Crippen molar-refractivity contribution in [2.45, 2.75) is 25.8 Å². The van der Waals surface area contributed by atoms with E-state index < -0.39 is 0 Å². The number of hydrogen-bond donors (Lipinski definition) is 1. The van der Waals surface area contributed by atoms with E-state index >= 15 is 0 Å². The van der Waals surface area contributed by atoms with Gasteiger partial charge in [0.1, 0.15) is 5.82 Å². The number of likely N-dealkylation sites (tertiary alicyclic amines) is 1. The van der Waals surface area contributed by atoms with Crippen LogP contribution in [0.5, 0.6) is 0 Å². The van der Waals surface area contributed by atoms with Gasteiger partial charge in [-0.25, -0.2) is 0 Å². The van der Waals surface area contributed by atoms with Crippen LogP contribution >= 0.6 is 0 Å². The molecule has 4 heteroatoms. The highest BCUT2D eigenvalue weighted by molar-refractivity contribution is 5.83. The molecule has 1 fully saturated rings. The molecule has 2 heterocycles. The number of anilines is 1. The van der Waals surface area contributed by atoms with Gasteiger partial charge in [-0.1, -0.05) is 18.2 Å². The lowest BCUT2D eigenvalue weighted by molar-refractivity contribution is 0.287. The topological polar surface area (TPSA) is 51.3 Å². The van der Waals surface area contributed by atoms with Gasteiger partial charge in [-0.3, -0.25) is 9.36 Å². The van der Waals surface area contributed by atoms with Gasteiger partial charge in [0.15, 0.2) is 0 Å². The highest BCUT2D eigenvalue weighted by atomic mass is 16.1. The molecule has 2 aromatic rings. The van der Waals surface area contributed by atoms with E-state index in [4.69, 9.17) is 5.73 Å². The lowest BCUT2D eigenvalue weighted by Gasteiger charge is -2.23. The van der Waals surface area contributed by atoms with Crippen molar-refractivity contribution < 1.29 is 0 Å². The Balaban J connectivity index is 1.99. The van der Waals surface area contributed by atoms with Crippen molar-refractivity contribution in [3.8, 4) is 0 Å². The Morgan fingerprint density at radius 2 is 1.95 bits per heavy atom. The van der Waals surface area contributed by atoms with Crippen LogP contribution in [0.25, 0.3) is 10.8 Å². The zero-order valence-corrected chi connectivity index (χ0v) is 11.9. The molecule has 3 rings (SSSR count). The summed E-state index contributed by atoms with van der Waals surface area (Å²) in [4.78, 5) is 15.0. The van der Waals surface area contributed by atoms with E-state index in [1.54, 1.807) is 4.57 Å². The van der Waals surface area contributed by atoms with Crippen LogP contribution in [0.1, 0.15) is 25.8 Å². The molecule has 1 aliphatic rings. The molecule has 1 aliphatic heterocycles. The van der Waals surface area contributed by atoms with Gasteiger partial charge in [0.25, 0.3) is 5.56 Å². The molecule has 106 valence electrons. The quantitative estimate of drug-likeness (QED) is 0.931. The monoisotopic (exact) mass is 271 g/mol. The van der Waals surface area contributed by atoms with Gasteiger partial charge in [-0.2, -0.15) is 0 Å². The van der Waals surface area contributed by atoms with Crippen LogP contribution in [-0.4, -0.2) is 29.1 Å². The summed E-state index contributed by atoms with van der Waals surface area (Å²) in [6.45, 7) is 5.23. The number of nitrogens with zero attached hydrogens (tertiary/aromatic N) is 2. The maximum atomic E-state index is 12.6. The number of hydrogen-bond acceptors (Lipinski definition) is 3. The zero-order valence-electron chi connectivity index (χ0n) is 11.9. The van der Waals surface area contributed by atoms with Crippen LogP contribution in [0, 0.1) is 0 Å². The van der Waals surface area contributed by atoms with E-state index in [-0.39, 0.29) is 11.6 Å². The number of rotatable bonds is 3. The third-order valence-corrected chi connectivity index (χ3v) is 4.15. The molecule has 20 heavy (non-hydrogen) atoms. The van der Waals surface area contributed by atoms with Crippen LogP contribution in [0.3, 0.4) is 0 Å². The van der Waals surface area contributed by atoms with Crippen molar-refractivity contribution in [3.05, 3.63) is 40.7 Å². The molecule has 1 unspecified atom stereocenters. The van der Waals surface area contributed by atoms with Crippen molar-refractivity contribution in [2.75, 3.05) is 25.4 Å². The van der Waals surface area contributed by atoms with Crippen LogP contribution < -0.4 is 11.3 Å². The van der Waals surface area contributed by atoms with Crippen LogP contribution in [0.2, 0.25) is 0 Å². The fourth-order valence-electron chi connectivity index (χ4n) is 3.17. The molecule has 0 aliphatic carbocycles. The van der Waals surface area contributed by atoms with Crippen molar-refractivity contribution >= 4 is 16.6 Å². The maximum Gasteiger partial charge on any atom is 0.260 e. The predicted octanol–water partition coefficient (Wildman–Crippen LogP) is 2.24. The first-order valence-electron chi connectivity index (χ1n) is 7.29. The second-order valence-corrected chi connectivity index (χ2v) is 5.69. The van der Waals surface area contributed by atoms with Crippen LogP contribution in [-0.2, 0) is 0 Å². The van der Waals surface area contributed by atoms with Crippen molar-refractivity contribution in [1.29, 1.82) is 0 Å². The standard InChI is InChI=1S/C16H21N3O/c1-12(11-18-8-4-5-9-18)19-15(17)10-13-6-2-3-7-14(13)16(19)20/h2-3,6-7,10,12H,4-5,8-9,11,17H2,1H3. The van der Waals surface area contributed by atoms with Crippen molar-refractivity contribution in [3.63, 3.8) is 0 Å². The lowest BCUT2D eigenvalue weighted by Crippen LogP contribution is -2.33. The average Bonchev–Trinajstić information content (AvgIpc) is 2.91. The Morgan fingerprint density at radius 3 is 2.70 bits per heavy atom. The summed E-state index contributed by atoms with van der Waals surface area (Å²) in [5.41, 5.74) is 6.13. The summed E-state index contributed by atoms with van der Waals surface area (Å²) in [7, 11) is 0. The van der Waals surface area contributed by atoms with Gasteiger partial charge in [0.05, 0.1) is 0 Å². The molecule has 0 bridgehead atoms. The molecular weight excluding hydrogens is 250 g/mol. The molecule has 0 radical (unpaired) electrons. The van der Waals surface area contributed by atoms with E-state index in [0.29, 0.717) is 5.82 Å². The normalized spacial score (nSPS) is 17.6. The Kier molecular flexibility index (Phi) is 3.49. The number of aromatic nitrogens is 1. The lowest BCUT2D eigenvalue weighted by atomic mass is 10.1. The number of nitrogen functional groups attached to an aromatic ring is 1. The van der Waals surface area contributed by atoms with Gasteiger partial charge in [-0.15, -0.1) is 0 Å². The first-order chi connectivity index (χ1) is 9.66. The van der Waals surface area contributed by atoms with Crippen molar-refractivity contribution in [1.82, 2.24) is 9.47 Å². The highest BCUT2D eigenvalue weighted by Gasteiger charge is 2.18. The Morgan fingerprint density at radius 1 is 1.25 bits per heavy atom. The molecule has 1 aromatic heterocycles. The van der Waals surface area contributed by atoms with Crippen molar-refractivity contribution in [2.24, 2.45) is 0 Å². The summed E-state index contributed by atoms with van der Waals surface area (Å²) in [6.07, 6.45) is 2.52. The Hall–Kier alpha value is -1.81. The number of benzene rings is 1. The summed E-state index contributed by atoms with van der Waals surface area (Å²) < 4.78 is 1.74. The third kappa shape index (κ3) is 2.31. The van der Waals surface area contributed by atoms with Gasteiger partial charge >= 0.3 is 0 Å². The van der Waals surface area contributed by atoms with Gasteiger partial charge in [0, 0.05) is 18.0 Å². The number of pyridine rings is 1. The van der Waals surface area contributed by atoms with E-state index in [1.807, 2.05) is 30.3 Å². The van der Waals surface area contributed by atoms with Gasteiger partial charge in [0.2, 0.25) is 0 Å². The predicted molar refractivity (Wildman–Crippen MR) is 83.0 cm³/mol. The second kappa shape index (κ2) is 5.29. The smallest absolute Gasteiger partial charge is 0.260 e. The van der Waals surface area contributed by atoms with Crippen LogP contribution in [0.15, 0.2) is 35.1 Å². The molecule has 0 amide bonds. The van der Waals surface area contributed by atoms with Crippen LogP contribution in [0.4, 0.5) is 5.82 Å². The molecule has 1 atom stereocenters. The molecule has 0 spiro atoms. The summed E-state index contributed by atoms with van der Waals surface area (Å²) in [5.74, 6) is 0.556. The molecule has 0 saturated carbocycles. The van der Waals surface area contributed by atoms with Gasteiger partial charge < -0.3 is 10.6 Å². The Labute approximate surface area is 118 Å². The minimum absolute atomic E-state index is 0.0206. The minimum Gasteiger partial charge on any atom is -0.385 e. The highest BCUT2D eigenvalue weighted by Crippen LogP contribution is 2.19. The van der Waals surface area contributed by atoms with E-state index in [2.05, 4.69) is 11.8 Å². The molecular formula is C16H21N3O. The number of nitrogens with two attached hydrogens (primary N) is 1. The summed E-state index contributed by atoms with van der Waals surface area (Å²) in [6, 6.07) is 9.63.